The van der Waals surface area contributed by atoms with E-state index in [1.807, 2.05) is 12.1 Å². The van der Waals surface area contributed by atoms with Crippen LogP contribution in [-0.2, 0) is 12.8 Å². The van der Waals surface area contributed by atoms with E-state index in [9.17, 15) is 5.11 Å². The zero-order valence-electron chi connectivity index (χ0n) is 15.3. The van der Waals surface area contributed by atoms with Gasteiger partial charge in [-0.15, -0.1) is 0 Å². The standard InChI is InChI=1S/C22H29NO2/c1-17-22(24)21-12-11-20(25-2)16-19(21)13-15-23(17)14-7-6-10-18-8-4-3-5-9-18/h3-5,8-9,11-12,16-17,22,24H,6-7,10,13-15H2,1-2H3/t17-,22+/m1/s1. The van der Waals surface area contributed by atoms with Crippen molar-refractivity contribution in [3.63, 3.8) is 0 Å². The van der Waals surface area contributed by atoms with Gasteiger partial charge in [0.05, 0.1) is 13.2 Å². The predicted octanol–water partition coefficient (Wildman–Crippen LogP) is 4.00. The Morgan fingerprint density at radius 2 is 1.92 bits per heavy atom. The molecule has 0 aromatic heterocycles. The molecule has 134 valence electrons. The van der Waals surface area contributed by atoms with Crippen molar-refractivity contribution in [2.45, 2.75) is 44.8 Å². The van der Waals surface area contributed by atoms with E-state index in [1.165, 1.54) is 17.5 Å². The molecule has 0 bridgehead atoms. The smallest absolute Gasteiger partial charge is 0.119 e. The minimum Gasteiger partial charge on any atom is -0.497 e. The summed E-state index contributed by atoms with van der Waals surface area (Å²) < 4.78 is 5.34. The highest BCUT2D eigenvalue weighted by Crippen LogP contribution is 2.31. The highest BCUT2D eigenvalue weighted by atomic mass is 16.5. The van der Waals surface area contributed by atoms with Crippen LogP contribution in [0.15, 0.2) is 48.5 Å². The highest BCUT2D eigenvalue weighted by molar-refractivity contribution is 5.38. The first-order valence-electron chi connectivity index (χ1n) is 9.32. The van der Waals surface area contributed by atoms with Gasteiger partial charge in [0.1, 0.15) is 5.75 Å². The van der Waals surface area contributed by atoms with Gasteiger partial charge >= 0.3 is 0 Å². The molecule has 2 aromatic carbocycles. The third kappa shape index (κ3) is 4.42. The zero-order chi connectivity index (χ0) is 17.6. The van der Waals surface area contributed by atoms with E-state index in [2.05, 4.69) is 48.2 Å². The van der Waals surface area contributed by atoms with Crippen LogP contribution in [0.25, 0.3) is 0 Å². The lowest BCUT2D eigenvalue weighted by atomic mass is 9.98. The second-order valence-corrected chi connectivity index (χ2v) is 6.98. The maximum absolute atomic E-state index is 10.8. The number of aryl methyl sites for hydroxylation is 1. The largest absolute Gasteiger partial charge is 0.497 e. The average Bonchev–Trinajstić information content (AvgIpc) is 2.77. The lowest BCUT2D eigenvalue weighted by Crippen LogP contribution is -2.37. The number of nitrogens with zero attached hydrogens (tertiary/aromatic N) is 1. The maximum atomic E-state index is 10.8. The first-order valence-corrected chi connectivity index (χ1v) is 9.32. The van der Waals surface area contributed by atoms with Crippen molar-refractivity contribution in [3.05, 3.63) is 65.2 Å². The first-order chi connectivity index (χ1) is 12.2. The number of benzene rings is 2. The normalized spacial score (nSPS) is 20.8. The van der Waals surface area contributed by atoms with Crippen LogP contribution in [0, 0.1) is 0 Å². The Bertz CT molecular complexity index is 671. The molecule has 2 atom stereocenters. The number of hydrogen-bond acceptors (Lipinski definition) is 3. The van der Waals surface area contributed by atoms with Crippen LogP contribution in [0.4, 0.5) is 0 Å². The molecule has 1 N–H and O–H groups in total. The Labute approximate surface area is 151 Å². The molecule has 25 heavy (non-hydrogen) atoms. The summed E-state index contributed by atoms with van der Waals surface area (Å²) >= 11 is 0. The van der Waals surface area contributed by atoms with Gasteiger partial charge in [-0.3, -0.25) is 4.90 Å². The van der Waals surface area contributed by atoms with Crippen molar-refractivity contribution in [1.82, 2.24) is 4.90 Å². The van der Waals surface area contributed by atoms with E-state index in [1.54, 1.807) is 7.11 Å². The van der Waals surface area contributed by atoms with Gasteiger partial charge in [0.25, 0.3) is 0 Å². The fraction of sp³-hybridized carbons (Fsp3) is 0.455. The molecule has 3 heteroatoms. The third-order valence-electron chi connectivity index (χ3n) is 5.37. The summed E-state index contributed by atoms with van der Waals surface area (Å²) in [6, 6.07) is 16.9. The molecular formula is C22H29NO2. The Balaban J connectivity index is 1.57. The minimum atomic E-state index is -0.433. The molecule has 0 saturated heterocycles. The van der Waals surface area contributed by atoms with E-state index < -0.39 is 6.10 Å². The minimum absolute atomic E-state index is 0.145. The van der Waals surface area contributed by atoms with E-state index in [-0.39, 0.29) is 6.04 Å². The number of methoxy groups -OCH3 is 1. The number of aliphatic hydroxyl groups excluding tert-OH is 1. The summed E-state index contributed by atoms with van der Waals surface area (Å²) in [6.07, 6.45) is 4.00. The fourth-order valence-corrected chi connectivity index (χ4v) is 3.75. The Kier molecular flexibility index (Phi) is 6.11. The Hall–Kier alpha value is -1.84. The molecule has 0 amide bonds. The lowest BCUT2D eigenvalue weighted by Gasteiger charge is -2.30. The van der Waals surface area contributed by atoms with Crippen LogP contribution < -0.4 is 4.74 Å². The van der Waals surface area contributed by atoms with Crippen LogP contribution in [-0.4, -0.2) is 36.2 Å². The third-order valence-corrected chi connectivity index (χ3v) is 5.37. The Morgan fingerprint density at radius 3 is 2.68 bits per heavy atom. The molecule has 0 spiro atoms. The number of fused-ring (bicyclic) bond motifs is 1. The molecule has 3 nitrogen and oxygen atoms in total. The molecule has 0 unspecified atom stereocenters. The van der Waals surface area contributed by atoms with Crippen LogP contribution in [0.2, 0.25) is 0 Å². The molecule has 1 aliphatic heterocycles. The van der Waals surface area contributed by atoms with Crippen LogP contribution >= 0.6 is 0 Å². The van der Waals surface area contributed by atoms with Gasteiger partial charge in [0.2, 0.25) is 0 Å². The van der Waals surface area contributed by atoms with Crippen molar-refractivity contribution >= 4 is 0 Å². The zero-order valence-corrected chi connectivity index (χ0v) is 15.3. The summed E-state index contributed by atoms with van der Waals surface area (Å²) in [5.41, 5.74) is 3.68. The van der Waals surface area contributed by atoms with Gasteiger partial charge in [-0.05, 0) is 68.0 Å². The van der Waals surface area contributed by atoms with Crippen LogP contribution in [0.5, 0.6) is 5.75 Å². The van der Waals surface area contributed by atoms with Crippen molar-refractivity contribution in [2.24, 2.45) is 0 Å². The summed E-state index contributed by atoms with van der Waals surface area (Å²) in [5.74, 6) is 0.870. The van der Waals surface area contributed by atoms with Crippen molar-refractivity contribution in [2.75, 3.05) is 20.2 Å². The van der Waals surface area contributed by atoms with Gasteiger partial charge in [-0.25, -0.2) is 0 Å². The van der Waals surface area contributed by atoms with Gasteiger partial charge in [0.15, 0.2) is 0 Å². The number of aliphatic hydroxyl groups is 1. The monoisotopic (exact) mass is 339 g/mol. The van der Waals surface area contributed by atoms with E-state index in [4.69, 9.17) is 4.74 Å². The molecule has 0 saturated carbocycles. The van der Waals surface area contributed by atoms with Crippen molar-refractivity contribution in [1.29, 1.82) is 0 Å². The fourth-order valence-electron chi connectivity index (χ4n) is 3.75. The average molecular weight is 339 g/mol. The quantitative estimate of drug-likeness (QED) is 0.808. The van der Waals surface area contributed by atoms with Gasteiger partial charge in [0, 0.05) is 12.6 Å². The van der Waals surface area contributed by atoms with E-state index in [0.717, 1.165) is 43.7 Å². The molecule has 0 radical (unpaired) electrons. The molecular weight excluding hydrogens is 310 g/mol. The number of unbranched alkanes of at least 4 members (excludes halogenated alkanes) is 1. The second-order valence-electron chi connectivity index (χ2n) is 6.98. The van der Waals surface area contributed by atoms with Gasteiger partial charge in [-0.1, -0.05) is 36.4 Å². The summed E-state index contributed by atoms with van der Waals surface area (Å²) in [4.78, 5) is 2.43. The van der Waals surface area contributed by atoms with Crippen LogP contribution in [0.1, 0.15) is 42.6 Å². The molecule has 2 aromatic rings. The number of hydrogen-bond donors (Lipinski definition) is 1. The predicted molar refractivity (Wildman–Crippen MR) is 102 cm³/mol. The molecule has 1 aliphatic rings. The topological polar surface area (TPSA) is 32.7 Å². The maximum Gasteiger partial charge on any atom is 0.119 e. The second kappa shape index (κ2) is 8.50. The number of ether oxygens (including phenoxy) is 1. The molecule has 0 fully saturated rings. The molecule has 3 rings (SSSR count). The van der Waals surface area contributed by atoms with Crippen molar-refractivity contribution < 1.29 is 9.84 Å². The molecule has 1 heterocycles. The Morgan fingerprint density at radius 1 is 1.12 bits per heavy atom. The first kappa shape index (κ1) is 18.0. The lowest BCUT2D eigenvalue weighted by molar-refractivity contribution is 0.0635. The van der Waals surface area contributed by atoms with Gasteiger partial charge in [-0.2, -0.15) is 0 Å². The summed E-state index contributed by atoms with van der Waals surface area (Å²) in [6.45, 7) is 4.17. The van der Waals surface area contributed by atoms with E-state index in [0.29, 0.717) is 0 Å². The summed E-state index contributed by atoms with van der Waals surface area (Å²) in [5, 5.41) is 10.8. The van der Waals surface area contributed by atoms with Crippen molar-refractivity contribution in [3.8, 4) is 5.75 Å². The molecule has 0 aliphatic carbocycles. The van der Waals surface area contributed by atoms with Gasteiger partial charge < -0.3 is 9.84 Å². The number of rotatable bonds is 6. The summed E-state index contributed by atoms with van der Waals surface area (Å²) in [7, 11) is 1.69. The van der Waals surface area contributed by atoms with E-state index >= 15 is 0 Å². The highest BCUT2D eigenvalue weighted by Gasteiger charge is 2.28. The SMILES string of the molecule is COc1ccc2c(c1)CCN(CCCCc1ccccc1)[C@H](C)[C@@H]2O. The van der Waals surface area contributed by atoms with Crippen LogP contribution in [0.3, 0.4) is 0 Å².